The van der Waals surface area contributed by atoms with Crippen molar-refractivity contribution in [2.45, 2.75) is 12.0 Å². The van der Waals surface area contributed by atoms with Gasteiger partial charge in [0, 0.05) is 29.6 Å². The third-order valence-electron chi connectivity index (χ3n) is 5.59. The van der Waals surface area contributed by atoms with Gasteiger partial charge in [-0.2, -0.15) is 0 Å². The van der Waals surface area contributed by atoms with Gasteiger partial charge in [0.05, 0.1) is 13.7 Å². The number of carbonyl (C=O) groups excluding carboxylic acids is 1. The number of rotatable bonds is 3. The zero-order chi connectivity index (χ0) is 20.2. The summed E-state index contributed by atoms with van der Waals surface area (Å²) < 4.78 is 10.9. The van der Waals surface area contributed by atoms with E-state index < -0.39 is 5.41 Å². The maximum atomic E-state index is 13.7. The number of amides is 1. The van der Waals surface area contributed by atoms with Crippen LogP contribution in [0.5, 0.6) is 23.1 Å². The van der Waals surface area contributed by atoms with E-state index in [4.69, 9.17) is 9.47 Å². The maximum Gasteiger partial charge on any atom is 0.246 e. The second kappa shape index (κ2) is 6.13. The topological polar surface area (TPSA) is 92.1 Å². The summed E-state index contributed by atoms with van der Waals surface area (Å²) >= 11 is 0. The van der Waals surface area contributed by atoms with Crippen LogP contribution in [0.3, 0.4) is 0 Å². The first-order valence-electron chi connectivity index (χ1n) is 9.14. The van der Waals surface area contributed by atoms with Crippen LogP contribution >= 0.6 is 0 Å². The number of phenolic OH excluding ortho intramolecular Hbond substituents is 2. The van der Waals surface area contributed by atoms with E-state index in [1.807, 2.05) is 30.3 Å². The molecule has 0 fully saturated rings. The van der Waals surface area contributed by atoms with Gasteiger partial charge in [0.15, 0.2) is 11.5 Å². The van der Waals surface area contributed by atoms with Crippen molar-refractivity contribution in [3.8, 4) is 23.1 Å². The number of aromatic nitrogens is 1. The molecule has 29 heavy (non-hydrogen) atoms. The van der Waals surface area contributed by atoms with E-state index >= 15 is 0 Å². The van der Waals surface area contributed by atoms with E-state index in [-0.39, 0.29) is 24.0 Å². The van der Waals surface area contributed by atoms with Crippen LogP contribution in [0.4, 0.5) is 5.69 Å². The normalized spacial score (nSPS) is 19.2. The Morgan fingerprint density at radius 3 is 2.69 bits per heavy atom. The van der Waals surface area contributed by atoms with E-state index in [1.54, 1.807) is 24.3 Å². The molecular weight excluding hydrogens is 372 g/mol. The molecule has 5 rings (SSSR count). The van der Waals surface area contributed by atoms with Gasteiger partial charge in [-0.05, 0) is 23.3 Å². The average Bonchev–Trinajstić information content (AvgIpc) is 3.21. The second-order valence-electron chi connectivity index (χ2n) is 7.15. The maximum absolute atomic E-state index is 13.7. The van der Waals surface area contributed by atoms with Gasteiger partial charge in [0.1, 0.15) is 17.8 Å². The molecule has 2 aliphatic rings. The van der Waals surface area contributed by atoms with Crippen LogP contribution in [0.1, 0.15) is 16.7 Å². The van der Waals surface area contributed by atoms with Crippen LogP contribution in [0.2, 0.25) is 0 Å². The molecule has 2 N–H and O–H groups in total. The Balaban J connectivity index is 1.62. The van der Waals surface area contributed by atoms with Gasteiger partial charge in [0.25, 0.3) is 0 Å². The summed E-state index contributed by atoms with van der Waals surface area (Å²) in [6.45, 7) is 0.451. The minimum atomic E-state index is -1.06. The number of methoxy groups -OCH3 is 1. The van der Waals surface area contributed by atoms with Crippen molar-refractivity contribution in [3.63, 3.8) is 0 Å². The fraction of sp³-hybridized carbons (Fsp3) is 0.182. The summed E-state index contributed by atoms with van der Waals surface area (Å²) in [6, 6.07) is 14.0. The highest BCUT2D eigenvalue weighted by molar-refractivity contribution is 6.11. The molecular formula is C22H18N2O5. The lowest BCUT2D eigenvalue weighted by Gasteiger charge is -2.23. The first-order valence-corrected chi connectivity index (χ1v) is 9.14. The quantitative estimate of drug-likeness (QED) is 0.668. The van der Waals surface area contributed by atoms with Crippen LogP contribution in [-0.4, -0.2) is 34.8 Å². The highest BCUT2D eigenvalue weighted by atomic mass is 16.5. The number of nitrogens with zero attached hydrogens (tertiary/aromatic N) is 2. The molecule has 7 heteroatoms. The lowest BCUT2D eigenvalue weighted by Crippen LogP contribution is -2.42. The monoisotopic (exact) mass is 390 g/mol. The van der Waals surface area contributed by atoms with Crippen molar-refractivity contribution < 1.29 is 24.5 Å². The van der Waals surface area contributed by atoms with E-state index in [0.717, 1.165) is 16.8 Å². The predicted molar refractivity (Wildman–Crippen MR) is 104 cm³/mol. The Hall–Kier alpha value is -3.74. The first kappa shape index (κ1) is 17.4. The molecule has 0 saturated carbocycles. The fourth-order valence-electron chi connectivity index (χ4n) is 4.16. The molecule has 0 bridgehead atoms. The molecule has 1 aromatic heterocycles. The van der Waals surface area contributed by atoms with E-state index in [9.17, 15) is 15.0 Å². The number of para-hydroxylation sites is 1. The zero-order valence-corrected chi connectivity index (χ0v) is 15.6. The number of hydrogen-bond acceptors (Lipinski definition) is 6. The zero-order valence-electron chi connectivity index (χ0n) is 15.6. The smallest absolute Gasteiger partial charge is 0.246 e. The number of hydrogen-bond donors (Lipinski definition) is 2. The molecule has 2 aliphatic heterocycles. The van der Waals surface area contributed by atoms with Crippen molar-refractivity contribution >= 4 is 11.6 Å². The Labute approximate surface area is 166 Å². The molecule has 2 aromatic carbocycles. The van der Waals surface area contributed by atoms with Crippen molar-refractivity contribution in [1.82, 2.24) is 4.98 Å². The molecule has 146 valence electrons. The SMILES string of the molecule is COc1ccc(CN2C(=O)C3(COc4cc(O)c(O)cc43)c3ccccc32)cn1. The summed E-state index contributed by atoms with van der Waals surface area (Å²) in [6.07, 6.45) is 1.68. The van der Waals surface area contributed by atoms with Crippen LogP contribution in [-0.2, 0) is 16.8 Å². The van der Waals surface area contributed by atoms with Crippen molar-refractivity contribution in [3.05, 3.63) is 71.4 Å². The standard InChI is InChI=1S/C22H18N2O5/c1-28-20-7-6-13(10-23-20)11-24-16-5-3-2-4-14(16)22(21(24)27)12-29-19-9-18(26)17(25)8-15(19)22/h2-10,25-26H,11-12H2,1H3. The minimum Gasteiger partial charge on any atom is -0.504 e. The average molecular weight is 390 g/mol. The Morgan fingerprint density at radius 2 is 1.93 bits per heavy atom. The summed E-state index contributed by atoms with van der Waals surface area (Å²) in [5, 5.41) is 19.9. The van der Waals surface area contributed by atoms with Crippen LogP contribution in [0.15, 0.2) is 54.7 Å². The van der Waals surface area contributed by atoms with Crippen molar-refractivity contribution in [1.29, 1.82) is 0 Å². The number of phenols is 2. The van der Waals surface area contributed by atoms with Crippen molar-refractivity contribution in [2.24, 2.45) is 0 Å². The van der Waals surface area contributed by atoms with E-state index in [1.165, 1.54) is 12.1 Å². The van der Waals surface area contributed by atoms with Gasteiger partial charge in [-0.25, -0.2) is 4.98 Å². The number of pyridine rings is 1. The highest BCUT2D eigenvalue weighted by Crippen LogP contribution is 2.54. The molecule has 3 aromatic rings. The molecule has 7 nitrogen and oxygen atoms in total. The molecule has 1 atom stereocenters. The Morgan fingerprint density at radius 1 is 1.14 bits per heavy atom. The molecule has 1 amide bonds. The van der Waals surface area contributed by atoms with Crippen molar-refractivity contribution in [2.75, 3.05) is 18.6 Å². The van der Waals surface area contributed by atoms with Crippen LogP contribution in [0.25, 0.3) is 0 Å². The Kier molecular flexibility index (Phi) is 3.67. The summed E-state index contributed by atoms with van der Waals surface area (Å²) in [4.78, 5) is 19.7. The number of anilines is 1. The summed E-state index contributed by atoms with van der Waals surface area (Å²) in [5.74, 6) is 0.207. The number of carbonyl (C=O) groups is 1. The van der Waals surface area contributed by atoms with Gasteiger partial charge in [-0.15, -0.1) is 0 Å². The van der Waals surface area contributed by atoms with Gasteiger partial charge < -0.3 is 24.6 Å². The van der Waals surface area contributed by atoms with Gasteiger partial charge in [0.2, 0.25) is 11.8 Å². The molecule has 1 spiro atoms. The molecule has 3 heterocycles. The Bertz CT molecular complexity index is 1130. The largest absolute Gasteiger partial charge is 0.504 e. The number of benzene rings is 2. The lowest BCUT2D eigenvalue weighted by molar-refractivity contribution is -0.122. The molecule has 0 saturated heterocycles. The molecule has 0 aliphatic carbocycles. The highest BCUT2D eigenvalue weighted by Gasteiger charge is 2.57. The minimum absolute atomic E-state index is 0.110. The third kappa shape index (κ3) is 2.37. The van der Waals surface area contributed by atoms with Gasteiger partial charge in [-0.3, -0.25) is 4.79 Å². The van der Waals surface area contributed by atoms with E-state index in [0.29, 0.717) is 23.7 Å². The third-order valence-corrected chi connectivity index (χ3v) is 5.59. The predicted octanol–water partition coefficient (Wildman–Crippen LogP) is 2.73. The number of ether oxygens (including phenoxy) is 2. The van der Waals surface area contributed by atoms with Crippen LogP contribution in [0, 0.1) is 0 Å². The van der Waals surface area contributed by atoms with Crippen LogP contribution < -0.4 is 14.4 Å². The fourth-order valence-corrected chi connectivity index (χ4v) is 4.16. The van der Waals surface area contributed by atoms with E-state index in [2.05, 4.69) is 4.98 Å². The first-order chi connectivity index (χ1) is 14.0. The number of aromatic hydroxyl groups is 2. The second-order valence-corrected chi connectivity index (χ2v) is 7.15. The molecule has 0 radical (unpaired) electrons. The lowest BCUT2D eigenvalue weighted by atomic mass is 9.77. The molecule has 1 unspecified atom stereocenters. The van der Waals surface area contributed by atoms with Gasteiger partial charge >= 0.3 is 0 Å². The number of fused-ring (bicyclic) bond motifs is 4. The summed E-state index contributed by atoms with van der Waals surface area (Å²) in [5.41, 5.74) is 1.96. The van der Waals surface area contributed by atoms with Gasteiger partial charge in [-0.1, -0.05) is 24.3 Å². The summed E-state index contributed by atoms with van der Waals surface area (Å²) in [7, 11) is 1.55.